The van der Waals surface area contributed by atoms with Crippen molar-refractivity contribution in [3.05, 3.63) is 0 Å². The monoisotopic (exact) mass is 311 g/mol. The van der Waals surface area contributed by atoms with Crippen LogP contribution in [0.3, 0.4) is 0 Å². The normalized spacial score (nSPS) is 23.9. The van der Waals surface area contributed by atoms with Gasteiger partial charge in [-0.15, -0.1) is 0 Å². The fourth-order valence-electron chi connectivity index (χ4n) is 3.76. The number of amides is 1. The lowest BCUT2D eigenvalue weighted by atomic mass is 9.75. The largest absolute Gasteiger partial charge is 0.356 e. The summed E-state index contributed by atoms with van der Waals surface area (Å²) in [5, 5.41) is 3.08. The molecule has 1 aliphatic carbocycles. The van der Waals surface area contributed by atoms with Gasteiger partial charge >= 0.3 is 0 Å². The molecule has 22 heavy (non-hydrogen) atoms. The number of ether oxygens (including phenoxy) is 2. The minimum Gasteiger partial charge on any atom is -0.356 e. The Morgan fingerprint density at radius 1 is 1.18 bits per heavy atom. The Labute approximate surface area is 135 Å². The van der Waals surface area contributed by atoms with Gasteiger partial charge in [-0.25, -0.2) is 0 Å². The third kappa shape index (κ3) is 4.69. The Hall–Kier alpha value is -0.610. The fraction of sp³-hybridized carbons (Fsp3) is 0.944. The molecular formula is C18H33NO3. The predicted molar refractivity (Wildman–Crippen MR) is 87.5 cm³/mol. The second-order valence-corrected chi connectivity index (χ2v) is 7.05. The van der Waals surface area contributed by atoms with Gasteiger partial charge in [0.2, 0.25) is 5.91 Å². The topological polar surface area (TPSA) is 47.6 Å². The van der Waals surface area contributed by atoms with Crippen molar-refractivity contribution < 1.29 is 14.3 Å². The number of carbonyl (C=O) groups is 1. The number of nitrogens with one attached hydrogen (secondary N) is 1. The Bertz CT molecular complexity index is 331. The molecule has 0 spiro atoms. The SMILES string of the molecule is CC[C@@H](C)C(=O)NCCCC1(C2OCCO2)CCCCCC1. The second-order valence-electron chi connectivity index (χ2n) is 7.05. The van der Waals surface area contributed by atoms with Crippen LogP contribution in [0.5, 0.6) is 0 Å². The number of rotatable bonds is 7. The Kier molecular flexibility index (Phi) is 7.16. The van der Waals surface area contributed by atoms with Gasteiger partial charge in [0.05, 0.1) is 13.2 Å². The molecule has 128 valence electrons. The van der Waals surface area contributed by atoms with E-state index in [1.165, 1.54) is 38.5 Å². The first-order valence-electron chi connectivity index (χ1n) is 9.19. The highest BCUT2D eigenvalue weighted by atomic mass is 16.7. The summed E-state index contributed by atoms with van der Waals surface area (Å²) in [5.41, 5.74) is 0.175. The highest BCUT2D eigenvalue weighted by Gasteiger charge is 2.41. The summed E-state index contributed by atoms with van der Waals surface area (Å²) in [6.45, 7) is 6.29. The van der Waals surface area contributed by atoms with Crippen molar-refractivity contribution >= 4 is 5.91 Å². The van der Waals surface area contributed by atoms with Crippen molar-refractivity contribution in [2.45, 2.75) is 77.9 Å². The minimum absolute atomic E-state index is 0.0177. The molecule has 4 heteroatoms. The second kappa shape index (κ2) is 8.88. The van der Waals surface area contributed by atoms with Crippen molar-refractivity contribution in [1.29, 1.82) is 0 Å². The number of carbonyl (C=O) groups excluding carboxylic acids is 1. The van der Waals surface area contributed by atoms with Crippen LogP contribution in [0.15, 0.2) is 0 Å². The lowest BCUT2D eigenvalue weighted by Crippen LogP contribution is -2.37. The van der Waals surface area contributed by atoms with Crippen LogP contribution in [0, 0.1) is 11.3 Å². The zero-order valence-electron chi connectivity index (χ0n) is 14.4. The quantitative estimate of drug-likeness (QED) is 0.577. The van der Waals surface area contributed by atoms with Gasteiger partial charge in [0, 0.05) is 17.9 Å². The summed E-state index contributed by atoms with van der Waals surface area (Å²) in [4.78, 5) is 11.9. The molecule has 2 aliphatic rings. The van der Waals surface area contributed by atoms with Crippen LogP contribution < -0.4 is 5.32 Å². The average molecular weight is 311 g/mol. The molecule has 0 bridgehead atoms. The number of hydrogen-bond acceptors (Lipinski definition) is 3. The molecule has 2 rings (SSSR count). The van der Waals surface area contributed by atoms with E-state index in [1.54, 1.807) is 0 Å². The van der Waals surface area contributed by atoms with Crippen LogP contribution in [0.1, 0.15) is 71.6 Å². The van der Waals surface area contributed by atoms with Crippen LogP contribution in [-0.2, 0) is 14.3 Å². The van der Waals surface area contributed by atoms with E-state index >= 15 is 0 Å². The van der Waals surface area contributed by atoms with E-state index in [9.17, 15) is 4.79 Å². The van der Waals surface area contributed by atoms with E-state index in [2.05, 4.69) is 12.2 Å². The van der Waals surface area contributed by atoms with Gasteiger partial charge in [-0.1, -0.05) is 39.5 Å². The van der Waals surface area contributed by atoms with Gasteiger partial charge in [0.25, 0.3) is 0 Å². The molecule has 1 aliphatic heterocycles. The first-order chi connectivity index (χ1) is 10.7. The first-order valence-corrected chi connectivity index (χ1v) is 9.19. The average Bonchev–Trinajstić information content (AvgIpc) is 2.98. The van der Waals surface area contributed by atoms with E-state index in [-0.39, 0.29) is 23.5 Å². The summed E-state index contributed by atoms with van der Waals surface area (Å²) < 4.78 is 11.8. The summed E-state index contributed by atoms with van der Waals surface area (Å²) in [6, 6.07) is 0. The van der Waals surface area contributed by atoms with E-state index in [4.69, 9.17) is 9.47 Å². The zero-order valence-corrected chi connectivity index (χ0v) is 14.4. The van der Waals surface area contributed by atoms with Gasteiger partial charge < -0.3 is 14.8 Å². The maximum absolute atomic E-state index is 11.9. The van der Waals surface area contributed by atoms with E-state index < -0.39 is 0 Å². The predicted octanol–water partition coefficient (Wildman–Crippen LogP) is 3.64. The minimum atomic E-state index is -0.0177. The van der Waals surface area contributed by atoms with Gasteiger partial charge in [-0.3, -0.25) is 4.79 Å². The summed E-state index contributed by atoms with van der Waals surface area (Å²) in [6.07, 6.45) is 10.6. The number of hydrogen-bond donors (Lipinski definition) is 1. The molecule has 0 unspecified atom stereocenters. The van der Waals surface area contributed by atoms with Gasteiger partial charge in [0.15, 0.2) is 6.29 Å². The van der Waals surface area contributed by atoms with Crippen molar-refractivity contribution in [2.24, 2.45) is 11.3 Å². The van der Waals surface area contributed by atoms with Crippen LogP contribution >= 0.6 is 0 Å². The lowest BCUT2D eigenvalue weighted by molar-refractivity contribution is -0.143. The Balaban J connectivity index is 1.83. The molecule has 1 saturated carbocycles. The third-order valence-corrected chi connectivity index (χ3v) is 5.43. The molecule has 0 aromatic carbocycles. The molecule has 0 radical (unpaired) electrons. The smallest absolute Gasteiger partial charge is 0.222 e. The first kappa shape index (κ1) is 17.7. The highest BCUT2D eigenvalue weighted by molar-refractivity contribution is 5.78. The Morgan fingerprint density at radius 3 is 2.41 bits per heavy atom. The highest BCUT2D eigenvalue weighted by Crippen LogP contribution is 2.44. The van der Waals surface area contributed by atoms with Crippen molar-refractivity contribution in [2.75, 3.05) is 19.8 Å². The molecule has 1 amide bonds. The summed E-state index contributed by atoms with van der Waals surface area (Å²) >= 11 is 0. The molecule has 0 aromatic rings. The standard InChI is InChI=1S/C18H33NO3/c1-3-15(2)16(20)19-12-8-11-18(17-21-13-14-22-17)9-6-4-5-7-10-18/h15,17H,3-14H2,1-2H3,(H,19,20)/t15-/m1/s1. The van der Waals surface area contributed by atoms with Gasteiger partial charge in [-0.05, 0) is 32.1 Å². The lowest BCUT2D eigenvalue weighted by Gasteiger charge is -2.37. The maximum atomic E-state index is 11.9. The molecule has 1 N–H and O–H groups in total. The van der Waals surface area contributed by atoms with Crippen molar-refractivity contribution in [3.63, 3.8) is 0 Å². The Morgan fingerprint density at radius 2 is 1.82 bits per heavy atom. The van der Waals surface area contributed by atoms with Crippen LogP contribution in [0.25, 0.3) is 0 Å². The van der Waals surface area contributed by atoms with Crippen LogP contribution in [0.4, 0.5) is 0 Å². The van der Waals surface area contributed by atoms with Crippen LogP contribution in [0.2, 0.25) is 0 Å². The molecule has 1 atom stereocenters. The van der Waals surface area contributed by atoms with E-state index in [1.807, 2.05) is 6.92 Å². The van der Waals surface area contributed by atoms with Gasteiger partial charge in [-0.2, -0.15) is 0 Å². The van der Waals surface area contributed by atoms with Crippen LogP contribution in [-0.4, -0.2) is 32.0 Å². The molecule has 1 saturated heterocycles. The fourth-order valence-corrected chi connectivity index (χ4v) is 3.76. The van der Waals surface area contributed by atoms with Crippen molar-refractivity contribution in [1.82, 2.24) is 5.32 Å². The molecule has 4 nitrogen and oxygen atoms in total. The maximum Gasteiger partial charge on any atom is 0.222 e. The summed E-state index contributed by atoms with van der Waals surface area (Å²) in [5.74, 6) is 0.305. The molecule has 1 heterocycles. The van der Waals surface area contributed by atoms with Crippen molar-refractivity contribution in [3.8, 4) is 0 Å². The summed E-state index contributed by atoms with van der Waals surface area (Å²) in [7, 11) is 0. The zero-order chi connectivity index (χ0) is 15.8. The van der Waals surface area contributed by atoms with E-state index in [0.717, 1.165) is 39.0 Å². The third-order valence-electron chi connectivity index (χ3n) is 5.43. The molecule has 0 aromatic heterocycles. The molecular weight excluding hydrogens is 278 g/mol. The molecule has 2 fully saturated rings. The van der Waals surface area contributed by atoms with Gasteiger partial charge in [0.1, 0.15) is 0 Å². The van der Waals surface area contributed by atoms with E-state index in [0.29, 0.717) is 0 Å².